The second kappa shape index (κ2) is 14.9. The third kappa shape index (κ3) is 7.54. The number of amides is 2. The zero-order valence-corrected chi connectivity index (χ0v) is 28.0. The quantitative estimate of drug-likeness (QED) is 0.162. The van der Waals surface area contributed by atoms with Gasteiger partial charge in [-0.2, -0.15) is 0 Å². The predicted molar refractivity (Wildman–Crippen MR) is 187 cm³/mol. The summed E-state index contributed by atoms with van der Waals surface area (Å²) in [6.07, 6.45) is 8.96. The number of primary amides is 1. The van der Waals surface area contributed by atoms with Gasteiger partial charge in [-0.25, -0.2) is 0 Å². The zero-order valence-electron chi connectivity index (χ0n) is 27.2. The maximum atomic E-state index is 12.6. The summed E-state index contributed by atoms with van der Waals surface area (Å²) in [4.78, 5) is 29.3. The van der Waals surface area contributed by atoms with Crippen LogP contribution < -0.4 is 42.0 Å². The van der Waals surface area contributed by atoms with Crippen LogP contribution in [-0.2, 0) is 4.79 Å². The van der Waals surface area contributed by atoms with Gasteiger partial charge in [0.05, 0.1) is 41.3 Å². The fraction of sp³-hybridized carbons (Fsp3) is 0.529. The molecule has 12 heteroatoms. The molecule has 2 aromatic carbocycles. The first-order chi connectivity index (χ1) is 22.1. The van der Waals surface area contributed by atoms with Gasteiger partial charge in [-0.05, 0) is 57.6 Å². The van der Waals surface area contributed by atoms with Gasteiger partial charge in [0.1, 0.15) is 12.0 Å². The molecule has 1 saturated carbocycles. The summed E-state index contributed by atoms with van der Waals surface area (Å²) < 4.78 is 5.93. The van der Waals surface area contributed by atoms with Crippen molar-refractivity contribution in [3.05, 3.63) is 54.6 Å². The Bertz CT molecular complexity index is 1400. The van der Waals surface area contributed by atoms with E-state index in [4.69, 9.17) is 22.1 Å². The second-order valence-electron chi connectivity index (χ2n) is 12.9. The number of nitrogens with one attached hydrogen (secondary N) is 5. The molecular formula is C34H49ClN8O3. The summed E-state index contributed by atoms with van der Waals surface area (Å²) in [6.45, 7) is 5.36. The van der Waals surface area contributed by atoms with E-state index in [9.17, 15) is 9.59 Å². The minimum atomic E-state index is -0.507. The highest BCUT2D eigenvalue weighted by Crippen LogP contribution is 2.41. The maximum absolute atomic E-state index is 12.6. The average molecular weight is 653 g/mol. The smallest absolute Gasteiger partial charge is 0.250 e. The van der Waals surface area contributed by atoms with E-state index in [1.807, 2.05) is 24.3 Å². The number of alkyl halides is 1. The van der Waals surface area contributed by atoms with E-state index in [2.05, 4.69) is 57.1 Å². The SMILES string of the molecule is C=CC(=O)Nc1cc(NC2NC(Nc3ccccc3C(N)=O)C(Cl)C3(CCCCCCC3)N2)c(OC)cc1N1CCC(N(C)C)C1. The third-order valence-corrected chi connectivity index (χ3v) is 10.3. The van der Waals surface area contributed by atoms with Gasteiger partial charge in [-0.3, -0.25) is 20.2 Å². The van der Waals surface area contributed by atoms with E-state index in [1.54, 1.807) is 19.2 Å². The molecule has 46 heavy (non-hydrogen) atoms. The molecule has 3 aliphatic rings. The molecular weight excluding hydrogens is 604 g/mol. The number of nitrogens with zero attached hydrogens (tertiary/aromatic N) is 2. The van der Waals surface area contributed by atoms with Crippen LogP contribution in [0.3, 0.4) is 0 Å². The van der Waals surface area contributed by atoms with Crippen LogP contribution >= 0.6 is 11.6 Å². The number of nitrogens with two attached hydrogens (primary N) is 1. The lowest BCUT2D eigenvalue weighted by Crippen LogP contribution is -2.74. The monoisotopic (exact) mass is 652 g/mol. The molecule has 2 heterocycles. The van der Waals surface area contributed by atoms with E-state index in [0.717, 1.165) is 63.7 Å². The number of carbonyl (C=O) groups excluding carboxylic acids is 2. The number of methoxy groups -OCH3 is 1. The Hall–Kier alpha value is -3.51. The van der Waals surface area contributed by atoms with Crippen molar-refractivity contribution in [3.63, 3.8) is 0 Å². The highest BCUT2D eigenvalue weighted by atomic mass is 35.5. The Morgan fingerprint density at radius 1 is 1.09 bits per heavy atom. The Kier molecular flexibility index (Phi) is 11.0. The Balaban J connectivity index is 1.48. The molecule has 250 valence electrons. The number of para-hydroxylation sites is 1. The second-order valence-corrected chi connectivity index (χ2v) is 13.3. The largest absolute Gasteiger partial charge is 0.495 e. The third-order valence-electron chi connectivity index (χ3n) is 9.64. The molecule has 7 N–H and O–H groups in total. The molecule has 11 nitrogen and oxygen atoms in total. The maximum Gasteiger partial charge on any atom is 0.250 e. The first-order valence-corrected chi connectivity index (χ1v) is 16.7. The van der Waals surface area contributed by atoms with Crippen molar-refractivity contribution in [3.8, 4) is 5.75 Å². The van der Waals surface area contributed by atoms with Crippen LogP contribution in [0.25, 0.3) is 0 Å². The zero-order chi connectivity index (χ0) is 32.8. The van der Waals surface area contributed by atoms with Crippen LogP contribution in [0.5, 0.6) is 5.75 Å². The number of hydrogen-bond donors (Lipinski definition) is 6. The van der Waals surface area contributed by atoms with Crippen LogP contribution in [0.1, 0.15) is 61.7 Å². The molecule has 4 unspecified atom stereocenters. The number of likely N-dealkylation sites (N-methyl/N-ethyl adjacent to an activating group) is 1. The van der Waals surface area contributed by atoms with Crippen molar-refractivity contribution in [2.24, 2.45) is 5.73 Å². The number of halogens is 1. The number of benzene rings is 2. The van der Waals surface area contributed by atoms with E-state index >= 15 is 0 Å². The van der Waals surface area contributed by atoms with Gasteiger partial charge in [0, 0.05) is 36.4 Å². The summed E-state index contributed by atoms with van der Waals surface area (Å²) in [5.41, 5.74) is 8.63. The predicted octanol–water partition coefficient (Wildman–Crippen LogP) is 4.48. The summed E-state index contributed by atoms with van der Waals surface area (Å²) >= 11 is 7.36. The van der Waals surface area contributed by atoms with E-state index in [-0.39, 0.29) is 16.8 Å². The van der Waals surface area contributed by atoms with Gasteiger partial charge in [-0.15, -0.1) is 11.6 Å². The van der Waals surface area contributed by atoms with Crippen LogP contribution in [0.2, 0.25) is 0 Å². The number of hydrogen-bond acceptors (Lipinski definition) is 9. The molecule has 1 aliphatic carbocycles. The van der Waals surface area contributed by atoms with Crippen molar-refractivity contribution in [2.45, 2.75) is 80.8 Å². The standard InChI is InChI=1S/C34H49ClN8O3/c1-5-29(44)37-25-19-26(28(46-4)20-27(25)43-18-15-22(21-43)42(2)3)39-33-40-32(38-24-14-10-9-13-23(24)31(36)45)30(35)34(41-33)16-11-7-6-8-12-17-34/h5,9-10,13-14,19-20,22,30,32-33,38-41H,1,6-8,11-12,15-18,21H2,2-4H3,(H2,36,45)(H,37,44). The highest BCUT2D eigenvalue weighted by molar-refractivity contribution is 6.22. The van der Waals surface area contributed by atoms with Crippen LogP contribution in [0, 0.1) is 0 Å². The van der Waals surface area contributed by atoms with E-state index in [1.165, 1.54) is 12.5 Å². The summed E-state index contributed by atoms with van der Waals surface area (Å²) in [6, 6.07) is 11.5. The van der Waals surface area contributed by atoms with Gasteiger partial charge in [0.25, 0.3) is 5.91 Å². The number of ether oxygens (including phenoxy) is 1. The van der Waals surface area contributed by atoms with Gasteiger partial charge >= 0.3 is 0 Å². The summed E-state index contributed by atoms with van der Waals surface area (Å²) in [5.74, 6) is -0.149. The molecule has 1 spiro atoms. The van der Waals surface area contributed by atoms with Crippen molar-refractivity contribution in [2.75, 3.05) is 55.1 Å². The molecule has 5 rings (SSSR count). The topological polar surface area (TPSA) is 136 Å². The van der Waals surface area contributed by atoms with Crippen molar-refractivity contribution in [1.29, 1.82) is 0 Å². The molecule has 3 fully saturated rings. The number of carbonyl (C=O) groups is 2. The molecule has 2 aromatic rings. The molecule has 0 bridgehead atoms. The molecule has 0 aromatic heterocycles. The van der Waals surface area contributed by atoms with Gasteiger partial charge in [-0.1, -0.05) is 50.8 Å². The van der Waals surface area contributed by atoms with Crippen LogP contribution in [-0.4, -0.2) is 80.4 Å². The van der Waals surface area contributed by atoms with Gasteiger partial charge in [0.2, 0.25) is 5.91 Å². The first-order valence-electron chi connectivity index (χ1n) is 16.3. The van der Waals surface area contributed by atoms with Crippen molar-refractivity contribution < 1.29 is 14.3 Å². The van der Waals surface area contributed by atoms with E-state index in [0.29, 0.717) is 34.4 Å². The van der Waals surface area contributed by atoms with Crippen LogP contribution in [0.4, 0.5) is 22.7 Å². The number of anilines is 4. The lowest BCUT2D eigenvalue weighted by molar-refractivity contribution is -0.111. The normalized spacial score (nSPS) is 24.6. The molecule has 2 saturated heterocycles. The Morgan fingerprint density at radius 2 is 1.80 bits per heavy atom. The van der Waals surface area contributed by atoms with Crippen molar-refractivity contribution >= 4 is 46.2 Å². The first kappa shape index (κ1) is 33.8. The highest BCUT2D eigenvalue weighted by Gasteiger charge is 2.47. The molecule has 2 amide bonds. The minimum Gasteiger partial charge on any atom is -0.495 e. The van der Waals surface area contributed by atoms with Gasteiger partial charge < -0.3 is 36.2 Å². The number of rotatable bonds is 10. The van der Waals surface area contributed by atoms with E-state index < -0.39 is 18.4 Å². The van der Waals surface area contributed by atoms with Crippen molar-refractivity contribution in [1.82, 2.24) is 15.5 Å². The Labute approximate surface area is 277 Å². The summed E-state index contributed by atoms with van der Waals surface area (Å²) in [5, 5.41) is 17.2. The molecule has 0 radical (unpaired) electrons. The fourth-order valence-electron chi connectivity index (χ4n) is 7.07. The molecule has 4 atom stereocenters. The Morgan fingerprint density at radius 3 is 2.46 bits per heavy atom. The lowest BCUT2D eigenvalue weighted by Gasteiger charge is -2.51. The van der Waals surface area contributed by atoms with Crippen LogP contribution in [0.15, 0.2) is 49.1 Å². The average Bonchev–Trinajstić information content (AvgIpc) is 3.52. The minimum absolute atomic E-state index is 0.287. The molecule has 2 aliphatic heterocycles. The fourth-order valence-corrected chi connectivity index (χ4v) is 7.48. The van der Waals surface area contributed by atoms with Gasteiger partial charge in [0.15, 0.2) is 0 Å². The summed E-state index contributed by atoms with van der Waals surface area (Å²) in [7, 11) is 5.83. The lowest BCUT2D eigenvalue weighted by atomic mass is 9.79.